The summed E-state index contributed by atoms with van der Waals surface area (Å²) in [5.41, 5.74) is 4.35. The topological polar surface area (TPSA) is 81.9 Å². The minimum atomic E-state index is -0.550. The summed E-state index contributed by atoms with van der Waals surface area (Å²) >= 11 is 0. The van der Waals surface area contributed by atoms with Crippen molar-refractivity contribution in [2.75, 3.05) is 0 Å². The molecular weight excluding hydrogens is 256 g/mol. The maximum atomic E-state index is 11.8. The van der Waals surface area contributed by atoms with Gasteiger partial charge in [0.15, 0.2) is 0 Å². The Morgan fingerprint density at radius 2 is 1.85 bits per heavy atom. The number of carbonyl (C=O) groups is 1. The van der Waals surface area contributed by atoms with E-state index in [0.29, 0.717) is 0 Å². The summed E-state index contributed by atoms with van der Waals surface area (Å²) in [6.07, 6.45) is 1.51. The van der Waals surface area contributed by atoms with Crippen LogP contribution in [-0.2, 0) is 0 Å². The number of phenols is 2. The van der Waals surface area contributed by atoms with Crippen molar-refractivity contribution in [3.63, 3.8) is 0 Å². The molecule has 5 nitrogen and oxygen atoms in total. The Morgan fingerprint density at radius 3 is 2.50 bits per heavy atom. The number of amides is 1. The van der Waals surface area contributed by atoms with Crippen LogP contribution in [0.25, 0.3) is 0 Å². The van der Waals surface area contributed by atoms with Gasteiger partial charge in [0.05, 0.1) is 11.8 Å². The molecule has 0 aliphatic carbocycles. The van der Waals surface area contributed by atoms with Crippen LogP contribution in [0.5, 0.6) is 11.5 Å². The molecule has 0 fully saturated rings. The Balaban J connectivity index is 2.03. The van der Waals surface area contributed by atoms with E-state index in [2.05, 4.69) is 10.5 Å². The highest BCUT2D eigenvalue weighted by Gasteiger charge is 2.10. The number of hydrazone groups is 1. The summed E-state index contributed by atoms with van der Waals surface area (Å²) in [7, 11) is 0. The lowest BCUT2D eigenvalue weighted by molar-refractivity contribution is 0.0952. The number of rotatable bonds is 3. The minimum absolute atomic E-state index is 0.0452. The van der Waals surface area contributed by atoms with Crippen LogP contribution >= 0.6 is 0 Å². The number of hydrogen-bond donors (Lipinski definition) is 3. The molecule has 0 radical (unpaired) electrons. The standard InChI is InChI=1S/C15H14N2O3/c1-10-2-4-11(5-3-10)9-16-17-15(20)13-7-6-12(18)8-14(13)19/h2-9,18-19H,1H3,(H,17,20)/b16-9+. The molecule has 0 heterocycles. The van der Waals surface area contributed by atoms with Gasteiger partial charge in [-0.1, -0.05) is 29.8 Å². The molecule has 3 N–H and O–H groups in total. The van der Waals surface area contributed by atoms with Gasteiger partial charge in [0.25, 0.3) is 5.91 Å². The van der Waals surface area contributed by atoms with Gasteiger partial charge >= 0.3 is 0 Å². The zero-order valence-corrected chi connectivity index (χ0v) is 10.9. The first kappa shape index (κ1) is 13.6. The zero-order valence-electron chi connectivity index (χ0n) is 10.9. The van der Waals surface area contributed by atoms with Crippen molar-refractivity contribution in [1.29, 1.82) is 0 Å². The Morgan fingerprint density at radius 1 is 1.15 bits per heavy atom. The van der Waals surface area contributed by atoms with E-state index in [1.807, 2.05) is 31.2 Å². The van der Waals surface area contributed by atoms with Gasteiger partial charge in [-0.3, -0.25) is 4.79 Å². The van der Waals surface area contributed by atoms with Crippen molar-refractivity contribution >= 4 is 12.1 Å². The zero-order chi connectivity index (χ0) is 14.5. The molecule has 0 saturated heterocycles. The SMILES string of the molecule is Cc1ccc(/C=N/NC(=O)c2ccc(O)cc2O)cc1. The third kappa shape index (κ3) is 3.35. The molecule has 5 heteroatoms. The third-order valence-corrected chi connectivity index (χ3v) is 2.68. The number of carbonyl (C=O) groups excluding carboxylic acids is 1. The van der Waals surface area contributed by atoms with Gasteiger partial charge in [-0.15, -0.1) is 0 Å². The molecule has 2 aromatic rings. The van der Waals surface area contributed by atoms with E-state index in [-0.39, 0.29) is 17.1 Å². The molecule has 0 bridgehead atoms. The summed E-state index contributed by atoms with van der Waals surface area (Å²) in [5, 5.41) is 22.5. The smallest absolute Gasteiger partial charge is 0.275 e. The monoisotopic (exact) mass is 270 g/mol. The van der Waals surface area contributed by atoms with Crippen LogP contribution in [0.3, 0.4) is 0 Å². The Kier molecular flexibility index (Phi) is 4.00. The molecule has 0 aromatic heterocycles. The molecule has 0 aliphatic rings. The van der Waals surface area contributed by atoms with Crippen LogP contribution in [0.2, 0.25) is 0 Å². The van der Waals surface area contributed by atoms with E-state index in [9.17, 15) is 9.90 Å². The lowest BCUT2D eigenvalue weighted by Gasteiger charge is -2.03. The quantitative estimate of drug-likeness (QED) is 0.590. The fraction of sp³-hybridized carbons (Fsp3) is 0.0667. The largest absolute Gasteiger partial charge is 0.508 e. The molecule has 0 spiro atoms. The highest BCUT2D eigenvalue weighted by Crippen LogP contribution is 2.22. The van der Waals surface area contributed by atoms with Crippen LogP contribution in [-0.4, -0.2) is 22.3 Å². The maximum absolute atomic E-state index is 11.8. The van der Waals surface area contributed by atoms with Crippen LogP contribution in [0.4, 0.5) is 0 Å². The average molecular weight is 270 g/mol. The van der Waals surface area contributed by atoms with E-state index >= 15 is 0 Å². The van der Waals surface area contributed by atoms with Crippen molar-refractivity contribution in [3.8, 4) is 11.5 Å². The van der Waals surface area contributed by atoms with Crippen molar-refractivity contribution in [1.82, 2.24) is 5.43 Å². The molecular formula is C15H14N2O3. The van der Waals surface area contributed by atoms with Gasteiger partial charge in [0.2, 0.25) is 0 Å². The van der Waals surface area contributed by atoms with E-state index in [4.69, 9.17) is 5.11 Å². The Labute approximate surface area is 116 Å². The van der Waals surface area contributed by atoms with Crippen molar-refractivity contribution < 1.29 is 15.0 Å². The van der Waals surface area contributed by atoms with Crippen LogP contribution < -0.4 is 5.43 Å². The Bertz CT molecular complexity index is 649. The van der Waals surface area contributed by atoms with E-state index in [0.717, 1.165) is 17.2 Å². The molecule has 102 valence electrons. The van der Waals surface area contributed by atoms with Crippen LogP contribution in [0.15, 0.2) is 47.6 Å². The minimum Gasteiger partial charge on any atom is -0.508 e. The number of aryl methyl sites for hydroxylation is 1. The molecule has 20 heavy (non-hydrogen) atoms. The fourth-order valence-electron chi connectivity index (χ4n) is 1.59. The highest BCUT2D eigenvalue weighted by atomic mass is 16.3. The molecule has 1 amide bonds. The van der Waals surface area contributed by atoms with E-state index < -0.39 is 5.91 Å². The average Bonchev–Trinajstić information content (AvgIpc) is 2.41. The Hall–Kier alpha value is -2.82. The number of benzene rings is 2. The number of nitrogens with zero attached hydrogens (tertiary/aromatic N) is 1. The highest BCUT2D eigenvalue weighted by molar-refractivity contribution is 5.97. The van der Waals surface area contributed by atoms with Gasteiger partial charge in [-0.2, -0.15) is 5.10 Å². The second-order valence-electron chi connectivity index (χ2n) is 4.31. The molecule has 0 aliphatic heterocycles. The molecule has 0 saturated carbocycles. The number of phenolic OH excluding ortho intramolecular Hbond substituents is 2. The third-order valence-electron chi connectivity index (χ3n) is 2.68. The predicted molar refractivity (Wildman–Crippen MR) is 76.0 cm³/mol. The predicted octanol–water partition coefficient (Wildman–Crippen LogP) is 2.17. The lowest BCUT2D eigenvalue weighted by Crippen LogP contribution is -2.17. The van der Waals surface area contributed by atoms with Gasteiger partial charge < -0.3 is 10.2 Å². The molecule has 0 atom stereocenters. The number of nitrogens with one attached hydrogen (secondary N) is 1. The lowest BCUT2D eigenvalue weighted by atomic mass is 10.2. The first-order valence-electron chi connectivity index (χ1n) is 5.98. The van der Waals surface area contributed by atoms with Gasteiger partial charge in [0.1, 0.15) is 11.5 Å². The summed E-state index contributed by atoms with van der Waals surface area (Å²) < 4.78 is 0. The van der Waals surface area contributed by atoms with Gasteiger partial charge in [0, 0.05) is 6.07 Å². The molecule has 0 unspecified atom stereocenters. The summed E-state index contributed by atoms with van der Waals surface area (Å²) in [4.78, 5) is 11.8. The molecule has 2 aromatic carbocycles. The van der Waals surface area contributed by atoms with Crippen molar-refractivity contribution in [2.45, 2.75) is 6.92 Å². The van der Waals surface area contributed by atoms with Gasteiger partial charge in [-0.05, 0) is 24.6 Å². The maximum Gasteiger partial charge on any atom is 0.275 e. The number of hydrogen-bond acceptors (Lipinski definition) is 4. The van der Waals surface area contributed by atoms with Gasteiger partial charge in [-0.25, -0.2) is 5.43 Å². The van der Waals surface area contributed by atoms with E-state index in [1.165, 1.54) is 18.3 Å². The summed E-state index contributed by atoms with van der Waals surface area (Å²) in [5.74, 6) is -0.957. The number of aromatic hydroxyl groups is 2. The van der Waals surface area contributed by atoms with Crippen LogP contribution in [0.1, 0.15) is 21.5 Å². The first-order valence-corrected chi connectivity index (χ1v) is 5.98. The van der Waals surface area contributed by atoms with Crippen LogP contribution in [0, 0.1) is 6.92 Å². The van der Waals surface area contributed by atoms with Crippen molar-refractivity contribution in [3.05, 3.63) is 59.2 Å². The second-order valence-corrected chi connectivity index (χ2v) is 4.31. The van der Waals surface area contributed by atoms with E-state index in [1.54, 1.807) is 0 Å². The fourth-order valence-corrected chi connectivity index (χ4v) is 1.59. The second kappa shape index (κ2) is 5.88. The summed E-state index contributed by atoms with van der Waals surface area (Å²) in [6, 6.07) is 11.4. The molecule has 2 rings (SSSR count). The normalized spacial score (nSPS) is 10.7. The van der Waals surface area contributed by atoms with Crippen molar-refractivity contribution in [2.24, 2.45) is 5.10 Å². The first-order chi connectivity index (χ1) is 9.56. The summed E-state index contributed by atoms with van der Waals surface area (Å²) in [6.45, 7) is 1.98.